The van der Waals surface area contributed by atoms with Crippen LogP contribution in [0.1, 0.15) is 33.1 Å². The molecule has 82 valence electrons. The van der Waals surface area contributed by atoms with Crippen LogP contribution in [-0.4, -0.2) is 30.1 Å². The molecular weight excluding hydrogens is 184 g/mol. The Morgan fingerprint density at radius 2 is 2.00 bits per heavy atom. The van der Waals surface area contributed by atoms with E-state index in [2.05, 4.69) is 0 Å². The molecule has 1 atom stereocenters. The minimum absolute atomic E-state index is 0.0907. The summed E-state index contributed by atoms with van der Waals surface area (Å²) in [5, 5.41) is 8.56. The summed E-state index contributed by atoms with van der Waals surface area (Å²) < 4.78 is 4.77. The number of Topliss-reactive ketones (excluding diaryl/α,β-unsaturated/α-hetero) is 1. The summed E-state index contributed by atoms with van der Waals surface area (Å²) in [7, 11) is 0. The van der Waals surface area contributed by atoms with Crippen molar-refractivity contribution >= 4 is 11.8 Å². The lowest BCUT2D eigenvalue weighted by Gasteiger charge is -2.11. The number of hydrogen-bond donors (Lipinski definition) is 1. The summed E-state index contributed by atoms with van der Waals surface area (Å²) in [4.78, 5) is 22.4. The van der Waals surface area contributed by atoms with Gasteiger partial charge in [-0.05, 0) is 33.1 Å². The van der Waals surface area contributed by atoms with Crippen molar-refractivity contribution in [1.29, 1.82) is 0 Å². The van der Waals surface area contributed by atoms with E-state index in [4.69, 9.17) is 9.84 Å². The highest BCUT2D eigenvalue weighted by Crippen LogP contribution is 2.11. The predicted octanol–water partition coefficient (Wildman–Crippen LogP) is 0.917. The van der Waals surface area contributed by atoms with Crippen LogP contribution in [0.4, 0.5) is 0 Å². The maximum atomic E-state index is 11.3. The van der Waals surface area contributed by atoms with E-state index in [0.29, 0.717) is 25.9 Å². The molecule has 0 fully saturated rings. The number of ketones is 1. The van der Waals surface area contributed by atoms with Crippen LogP contribution in [0.15, 0.2) is 0 Å². The quantitative estimate of drug-likeness (QED) is 0.379. The molecule has 0 saturated heterocycles. The first-order valence-corrected chi connectivity index (χ1v) is 4.91. The second kappa shape index (κ2) is 7.50. The van der Waals surface area contributed by atoms with Crippen molar-refractivity contribution in [1.82, 2.24) is 0 Å². The monoisotopic (exact) mass is 202 g/mol. The number of aliphatic hydroxyl groups excluding tert-OH is 1. The van der Waals surface area contributed by atoms with Crippen molar-refractivity contribution in [3.8, 4) is 0 Å². The SMILES string of the molecule is CCOC(=O)C(CCCCO)C(C)=O. The van der Waals surface area contributed by atoms with Gasteiger partial charge in [0.15, 0.2) is 0 Å². The van der Waals surface area contributed by atoms with Crippen LogP contribution in [0.3, 0.4) is 0 Å². The predicted molar refractivity (Wildman–Crippen MR) is 51.7 cm³/mol. The van der Waals surface area contributed by atoms with Gasteiger partial charge in [-0.2, -0.15) is 0 Å². The van der Waals surface area contributed by atoms with E-state index in [0.717, 1.165) is 0 Å². The molecule has 0 aliphatic heterocycles. The fourth-order valence-electron chi connectivity index (χ4n) is 1.19. The minimum atomic E-state index is -0.651. The first kappa shape index (κ1) is 13.1. The van der Waals surface area contributed by atoms with E-state index in [1.807, 2.05) is 0 Å². The number of hydrogen-bond acceptors (Lipinski definition) is 4. The molecule has 0 saturated carbocycles. The van der Waals surface area contributed by atoms with Gasteiger partial charge in [-0.3, -0.25) is 9.59 Å². The zero-order valence-corrected chi connectivity index (χ0v) is 8.78. The maximum Gasteiger partial charge on any atom is 0.316 e. The summed E-state index contributed by atoms with van der Waals surface area (Å²) in [6, 6.07) is 0. The minimum Gasteiger partial charge on any atom is -0.465 e. The fourth-order valence-corrected chi connectivity index (χ4v) is 1.19. The van der Waals surface area contributed by atoms with Crippen molar-refractivity contribution in [2.24, 2.45) is 5.92 Å². The number of esters is 1. The summed E-state index contributed by atoms with van der Waals surface area (Å²) >= 11 is 0. The molecular formula is C10H18O4. The van der Waals surface area contributed by atoms with E-state index in [-0.39, 0.29) is 12.4 Å². The molecule has 0 aliphatic carbocycles. The van der Waals surface area contributed by atoms with E-state index < -0.39 is 11.9 Å². The number of ether oxygens (including phenoxy) is 1. The number of rotatable bonds is 7. The molecule has 0 rings (SSSR count). The molecule has 0 spiro atoms. The third-order valence-electron chi connectivity index (χ3n) is 1.96. The van der Waals surface area contributed by atoms with Gasteiger partial charge < -0.3 is 9.84 Å². The molecule has 14 heavy (non-hydrogen) atoms. The van der Waals surface area contributed by atoms with Crippen LogP contribution in [-0.2, 0) is 14.3 Å². The van der Waals surface area contributed by atoms with Crippen molar-refractivity contribution in [3.63, 3.8) is 0 Å². The maximum absolute atomic E-state index is 11.3. The molecule has 0 aromatic carbocycles. The average Bonchev–Trinajstić information content (AvgIpc) is 2.12. The Hall–Kier alpha value is -0.900. The van der Waals surface area contributed by atoms with Crippen LogP contribution in [0.2, 0.25) is 0 Å². The summed E-state index contributed by atoms with van der Waals surface area (Å²) in [5.74, 6) is -1.26. The Labute approximate surface area is 84.3 Å². The highest BCUT2D eigenvalue weighted by Gasteiger charge is 2.23. The van der Waals surface area contributed by atoms with E-state index in [9.17, 15) is 9.59 Å². The molecule has 0 aliphatic rings. The first-order chi connectivity index (χ1) is 6.63. The Kier molecular flexibility index (Phi) is 7.02. The number of carbonyl (C=O) groups is 2. The standard InChI is InChI=1S/C10H18O4/c1-3-14-10(13)9(8(2)12)6-4-5-7-11/h9,11H,3-7H2,1-2H3. The summed E-state index contributed by atoms with van der Waals surface area (Å²) in [5.41, 5.74) is 0. The van der Waals surface area contributed by atoms with Crippen LogP contribution in [0.5, 0.6) is 0 Å². The second-order valence-electron chi connectivity index (χ2n) is 3.13. The number of carbonyl (C=O) groups excluding carboxylic acids is 2. The molecule has 4 nitrogen and oxygen atoms in total. The molecule has 0 heterocycles. The van der Waals surface area contributed by atoms with Crippen LogP contribution in [0, 0.1) is 5.92 Å². The second-order valence-corrected chi connectivity index (χ2v) is 3.13. The van der Waals surface area contributed by atoms with Gasteiger partial charge in [-0.25, -0.2) is 0 Å². The van der Waals surface area contributed by atoms with Crippen LogP contribution in [0.25, 0.3) is 0 Å². The smallest absolute Gasteiger partial charge is 0.316 e. The van der Waals surface area contributed by atoms with E-state index in [1.54, 1.807) is 6.92 Å². The molecule has 0 aromatic heterocycles. The number of unbranched alkanes of at least 4 members (excludes halogenated alkanes) is 1. The van der Waals surface area contributed by atoms with Gasteiger partial charge in [-0.1, -0.05) is 0 Å². The highest BCUT2D eigenvalue weighted by atomic mass is 16.5. The summed E-state index contributed by atoms with van der Waals surface area (Å²) in [6.07, 6.45) is 1.75. The highest BCUT2D eigenvalue weighted by molar-refractivity contribution is 5.97. The van der Waals surface area contributed by atoms with Gasteiger partial charge in [0.25, 0.3) is 0 Å². The third kappa shape index (κ3) is 4.97. The molecule has 0 aromatic rings. The third-order valence-corrected chi connectivity index (χ3v) is 1.96. The zero-order valence-electron chi connectivity index (χ0n) is 8.78. The lowest BCUT2D eigenvalue weighted by atomic mass is 9.98. The van der Waals surface area contributed by atoms with Crippen LogP contribution < -0.4 is 0 Å². The van der Waals surface area contributed by atoms with Crippen molar-refractivity contribution in [2.75, 3.05) is 13.2 Å². The molecule has 0 amide bonds. The number of aliphatic hydroxyl groups is 1. The zero-order chi connectivity index (χ0) is 11.0. The van der Waals surface area contributed by atoms with E-state index >= 15 is 0 Å². The van der Waals surface area contributed by atoms with Crippen LogP contribution >= 0.6 is 0 Å². The topological polar surface area (TPSA) is 63.6 Å². The Morgan fingerprint density at radius 1 is 1.36 bits per heavy atom. The lowest BCUT2D eigenvalue weighted by Crippen LogP contribution is -2.24. The fraction of sp³-hybridized carbons (Fsp3) is 0.800. The van der Waals surface area contributed by atoms with Crippen molar-refractivity contribution in [2.45, 2.75) is 33.1 Å². The molecule has 1 unspecified atom stereocenters. The van der Waals surface area contributed by atoms with Gasteiger partial charge in [0.05, 0.1) is 6.61 Å². The Morgan fingerprint density at radius 3 is 2.43 bits per heavy atom. The van der Waals surface area contributed by atoms with Gasteiger partial charge in [0.2, 0.25) is 0 Å². The molecule has 0 radical (unpaired) electrons. The Bertz CT molecular complexity index is 189. The van der Waals surface area contributed by atoms with Crippen molar-refractivity contribution in [3.05, 3.63) is 0 Å². The Balaban J connectivity index is 4.01. The molecule has 4 heteroatoms. The molecule has 0 bridgehead atoms. The van der Waals surface area contributed by atoms with Gasteiger partial charge >= 0.3 is 5.97 Å². The largest absolute Gasteiger partial charge is 0.465 e. The first-order valence-electron chi connectivity index (χ1n) is 4.91. The normalized spacial score (nSPS) is 12.2. The van der Waals surface area contributed by atoms with Gasteiger partial charge in [-0.15, -0.1) is 0 Å². The van der Waals surface area contributed by atoms with Gasteiger partial charge in [0, 0.05) is 6.61 Å². The lowest BCUT2D eigenvalue weighted by molar-refractivity contribution is -0.151. The van der Waals surface area contributed by atoms with Gasteiger partial charge in [0.1, 0.15) is 11.7 Å². The summed E-state index contributed by atoms with van der Waals surface area (Å²) in [6.45, 7) is 3.49. The average molecular weight is 202 g/mol. The van der Waals surface area contributed by atoms with E-state index in [1.165, 1.54) is 6.92 Å². The molecule has 1 N–H and O–H groups in total. The van der Waals surface area contributed by atoms with Crippen molar-refractivity contribution < 1.29 is 19.4 Å².